The van der Waals surface area contributed by atoms with Gasteiger partial charge < -0.3 is 19.7 Å². The van der Waals surface area contributed by atoms with Crippen molar-refractivity contribution in [3.8, 4) is 17.0 Å². The fourth-order valence-corrected chi connectivity index (χ4v) is 2.56. The first-order valence-electron chi connectivity index (χ1n) is 7.67. The summed E-state index contributed by atoms with van der Waals surface area (Å²) in [5.74, 6) is -0.650. The number of hydrogen-bond donors (Lipinski definition) is 2. The zero-order valence-corrected chi connectivity index (χ0v) is 13.8. The summed E-state index contributed by atoms with van der Waals surface area (Å²) < 4.78 is 19.2. The molecular formula is C19H15FN2O4. The first-order chi connectivity index (χ1) is 12.4. The highest BCUT2D eigenvalue weighted by Crippen LogP contribution is 2.26. The van der Waals surface area contributed by atoms with Crippen molar-refractivity contribution in [2.75, 3.05) is 5.32 Å². The minimum absolute atomic E-state index is 0.0830. The fourth-order valence-electron chi connectivity index (χ4n) is 2.56. The summed E-state index contributed by atoms with van der Waals surface area (Å²) >= 11 is 0. The number of nitrogens with zero attached hydrogens (tertiary/aromatic N) is 1. The van der Waals surface area contributed by atoms with Gasteiger partial charge in [-0.3, -0.25) is 4.79 Å². The molecule has 0 aliphatic carbocycles. The first-order valence-corrected chi connectivity index (χ1v) is 7.67. The van der Waals surface area contributed by atoms with Crippen LogP contribution in [0.5, 0.6) is 5.88 Å². The topological polar surface area (TPSA) is 80.6 Å². The van der Waals surface area contributed by atoms with Crippen molar-refractivity contribution in [3.63, 3.8) is 0 Å². The van der Waals surface area contributed by atoms with Crippen molar-refractivity contribution >= 4 is 17.7 Å². The lowest BCUT2D eigenvalue weighted by Gasteiger charge is -2.09. The summed E-state index contributed by atoms with van der Waals surface area (Å²) in [5, 5.41) is 11.4. The standard InChI is InChI=1S/C19H15FN2O4/c1-22-11-14(10-17(22)26-19(24)25)21-18(23)16-5-3-2-4-15(16)12-6-8-13(20)9-7-12/h2-11H,1H3,(H,21,23)(H,24,25). The number of aromatic nitrogens is 1. The van der Waals surface area contributed by atoms with Crippen molar-refractivity contribution in [1.82, 2.24) is 4.57 Å². The highest BCUT2D eigenvalue weighted by atomic mass is 19.1. The van der Waals surface area contributed by atoms with Gasteiger partial charge in [0, 0.05) is 24.9 Å². The largest absolute Gasteiger partial charge is 0.512 e. The maximum Gasteiger partial charge on any atom is 0.512 e. The number of carbonyl (C=O) groups excluding carboxylic acids is 1. The van der Waals surface area contributed by atoms with Gasteiger partial charge in [0.2, 0.25) is 5.88 Å². The number of hydrogen-bond acceptors (Lipinski definition) is 3. The van der Waals surface area contributed by atoms with Gasteiger partial charge in [-0.15, -0.1) is 0 Å². The molecule has 0 radical (unpaired) electrons. The average molecular weight is 354 g/mol. The maximum atomic E-state index is 13.1. The van der Waals surface area contributed by atoms with Crippen LogP contribution in [0.1, 0.15) is 10.4 Å². The molecular weight excluding hydrogens is 339 g/mol. The summed E-state index contributed by atoms with van der Waals surface area (Å²) in [6, 6.07) is 14.2. The molecule has 0 unspecified atom stereocenters. The lowest BCUT2D eigenvalue weighted by Crippen LogP contribution is -2.12. The number of amides is 1. The zero-order valence-electron chi connectivity index (χ0n) is 13.8. The Morgan fingerprint density at radius 2 is 1.81 bits per heavy atom. The van der Waals surface area contributed by atoms with Crippen LogP contribution in [-0.4, -0.2) is 21.7 Å². The van der Waals surface area contributed by atoms with Crippen molar-refractivity contribution < 1.29 is 23.8 Å². The van der Waals surface area contributed by atoms with Gasteiger partial charge in [-0.25, -0.2) is 9.18 Å². The second-order valence-corrected chi connectivity index (χ2v) is 5.55. The molecule has 26 heavy (non-hydrogen) atoms. The molecule has 0 atom stereocenters. The minimum Gasteiger partial charge on any atom is -0.449 e. The molecule has 2 N–H and O–H groups in total. The molecule has 1 heterocycles. The molecule has 0 fully saturated rings. The molecule has 3 rings (SSSR count). The smallest absolute Gasteiger partial charge is 0.449 e. The Morgan fingerprint density at radius 3 is 2.50 bits per heavy atom. The van der Waals surface area contributed by atoms with E-state index in [2.05, 4.69) is 10.1 Å². The van der Waals surface area contributed by atoms with Crippen LogP contribution < -0.4 is 10.1 Å². The van der Waals surface area contributed by atoms with E-state index < -0.39 is 6.16 Å². The number of anilines is 1. The van der Waals surface area contributed by atoms with Gasteiger partial charge >= 0.3 is 6.16 Å². The summed E-state index contributed by atoms with van der Waals surface area (Å²) in [6.07, 6.45) is 0.0992. The Kier molecular flexibility index (Phi) is 4.70. The van der Waals surface area contributed by atoms with Crippen LogP contribution >= 0.6 is 0 Å². The van der Waals surface area contributed by atoms with Gasteiger partial charge in [-0.2, -0.15) is 0 Å². The Bertz CT molecular complexity index is 964. The SMILES string of the molecule is Cn1cc(NC(=O)c2ccccc2-c2ccc(F)cc2)cc1OC(=O)O. The lowest BCUT2D eigenvalue weighted by molar-refractivity contribution is 0.102. The van der Waals surface area contributed by atoms with E-state index in [4.69, 9.17) is 5.11 Å². The Morgan fingerprint density at radius 1 is 1.12 bits per heavy atom. The second kappa shape index (κ2) is 7.10. The van der Waals surface area contributed by atoms with Crippen LogP contribution in [0.3, 0.4) is 0 Å². The number of halogens is 1. The predicted octanol–water partition coefficient (Wildman–Crippen LogP) is 4.14. The van der Waals surface area contributed by atoms with Crippen molar-refractivity contribution in [2.24, 2.45) is 7.05 Å². The molecule has 0 spiro atoms. The van der Waals surface area contributed by atoms with Crippen molar-refractivity contribution in [2.45, 2.75) is 0 Å². The molecule has 2 aromatic carbocycles. The fraction of sp³-hybridized carbons (Fsp3) is 0.0526. The molecule has 0 bridgehead atoms. The summed E-state index contributed by atoms with van der Waals surface area (Å²) in [7, 11) is 1.60. The van der Waals surface area contributed by atoms with Crippen LogP contribution in [0.4, 0.5) is 14.9 Å². The molecule has 1 aromatic heterocycles. The van der Waals surface area contributed by atoms with E-state index in [1.54, 1.807) is 43.4 Å². The summed E-state index contributed by atoms with van der Waals surface area (Å²) in [6.45, 7) is 0. The monoisotopic (exact) mass is 354 g/mol. The predicted molar refractivity (Wildman–Crippen MR) is 93.9 cm³/mol. The third-order valence-electron chi connectivity index (χ3n) is 3.74. The molecule has 132 valence electrons. The third kappa shape index (κ3) is 3.72. The number of carbonyl (C=O) groups is 2. The highest BCUT2D eigenvalue weighted by Gasteiger charge is 2.15. The van der Waals surface area contributed by atoms with Crippen molar-refractivity contribution in [1.29, 1.82) is 0 Å². The van der Waals surface area contributed by atoms with Gasteiger partial charge in [-0.05, 0) is 29.3 Å². The number of carboxylic acid groups (broad SMARTS) is 1. The summed E-state index contributed by atoms with van der Waals surface area (Å²) in [5.41, 5.74) is 2.16. The van der Waals surface area contributed by atoms with Crippen LogP contribution in [0, 0.1) is 5.82 Å². The third-order valence-corrected chi connectivity index (χ3v) is 3.74. The molecule has 7 heteroatoms. The molecule has 0 saturated carbocycles. The van der Waals surface area contributed by atoms with Gasteiger partial charge in [0.05, 0.1) is 5.69 Å². The Labute approximate surface area is 148 Å². The molecule has 6 nitrogen and oxygen atoms in total. The lowest BCUT2D eigenvalue weighted by atomic mass is 9.99. The van der Waals surface area contributed by atoms with Crippen LogP contribution in [0.25, 0.3) is 11.1 Å². The molecule has 0 aliphatic rings. The van der Waals surface area contributed by atoms with Gasteiger partial charge in [-0.1, -0.05) is 30.3 Å². The van der Waals surface area contributed by atoms with E-state index in [9.17, 15) is 14.0 Å². The number of aryl methyl sites for hydroxylation is 1. The number of ether oxygens (including phenoxy) is 1. The zero-order chi connectivity index (χ0) is 18.7. The van der Waals surface area contributed by atoms with E-state index in [1.807, 2.05) is 0 Å². The molecule has 0 saturated heterocycles. The molecule has 1 amide bonds. The van der Waals surface area contributed by atoms with Crippen LogP contribution in [0.15, 0.2) is 60.8 Å². The van der Waals surface area contributed by atoms with E-state index in [0.29, 0.717) is 22.4 Å². The van der Waals surface area contributed by atoms with Gasteiger partial charge in [0.25, 0.3) is 5.91 Å². The van der Waals surface area contributed by atoms with E-state index >= 15 is 0 Å². The first kappa shape index (κ1) is 17.2. The average Bonchev–Trinajstić information content (AvgIpc) is 2.94. The number of benzene rings is 2. The van der Waals surface area contributed by atoms with E-state index in [-0.39, 0.29) is 17.6 Å². The van der Waals surface area contributed by atoms with Gasteiger partial charge in [0.15, 0.2) is 0 Å². The van der Waals surface area contributed by atoms with E-state index in [0.717, 1.165) is 0 Å². The molecule has 3 aromatic rings. The van der Waals surface area contributed by atoms with E-state index in [1.165, 1.54) is 29.0 Å². The highest BCUT2D eigenvalue weighted by molar-refractivity contribution is 6.08. The van der Waals surface area contributed by atoms with Crippen LogP contribution in [0.2, 0.25) is 0 Å². The number of nitrogens with one attached hydrogen (secondary N) is 1. The Hall–Kier alpha value is -3.61. The van der Waals surface area contributed by atoms with Crippen molar-refractivity contribution in [3.05, 3.63) is 72.2 Å². The quantitative estimate of drug-likeness (QED) is 0.690. The normalized spacial score (nSPS) is 10.4. The maximum absolute atomic E-state index is 13.1. The van der Waals surface area contributed by atoms with Gasteiger partial charge in [0.1, 0.15) is 5.82 Å². The minimum atomic E-state index is -1.44. The van der Waals surface area contributed by atoms with Crippen LogP contribution in [-0.2, 0) is 7.05 Å². The Balaban J connectivity index is 1.87. The number of rotatable bonds is 4. The second-order valence-electron chi connectivity index (χ2n) is 5.55. The molecule has 0 aliphatic heterocycles. The summed E-state index contributed by atoms with van der Waals surface area (Å²) in [4.78, 5) is 23.3.